The average molecular weight is 364 g/mol. The SMILES string of the molecule is N#Cc1cnc2c(Nc3cccc(N)n3)cc(N[C@@H]3CCCC[C@H]3O)nn12. The molecular formula is C18H20N8O. The van der Waals surface area contributed by atoms with E-state index in [1.54, 1.807) is 24.3 Å². The lowest BCUT2D eigenvalue weighted by molar-refractivity contribution is 0.116. The number of nitrogens with zero attached hydrogens (tertiary/aromatic N) is 5. The van der Waals surface area contributed by atoms with Crippen molar-refractivity contribution in [1.29, 1.82) is 5.26 Å². The first-order valence-corrected chi connectivity index (χ1v) is 8.87. The van der Waals surface area contributed by atoms with E-state index in [0.717, 1.165) is 25.7 Å². The zero-order chi connectivity index (χ0) is 18.8. The van der Waals surface area contributed by atoms with Gasteiger partial charge in [-0.05, 0) is 25.0 Å². The summed E-state index contributed by atoms with van der Waals surface area (Å²) in [6.07, 6.45) is 4.78. The Balaban J connectivity index is 1.72. The number of pyridine rings is 1. The Bertz CT molecular complexity index is 1010. The van der Waals surface area contributed by atoms with E-state index in [0.29, 0.717) is 34.5 Å². The molecular weight excluding hydrogens is 344 g/mol. The van der Waals surface area contributed by atoms with Gasteiger partial charge >= 0.3 is 0 Å². The fourth-order valence-electron chi connectivity index (χ4n) is 3.34. The molecule has 1 fully saturated rings. The number of nitrogen functional groups attached to an aromatic ring is 1. The smallest absolute Gasteiger partial charge is 0.179 e. The Labute approximate surface area is 155 Å². The third-order valence-corrected chi connectivity index (χ3v) is 4.68. The molecule has 9 heteroatoms. The molecule has 0 aliphatic heterocycles. The van der Waals surface area contributed by atoms with Gasteiger partial charge in [0.15, 0.2) is 11.3 Å². The first-order valence-electron chi connectivity index (χ1n) is 8.87. The number of aliphatic hydroxyl groups excluding tert-OH is 1. The van der Waals surface area contributed by atoms with E-state index in [1.165, 1.54) is 10.7 Å². The minimum absolute atomic E-state index is 0.0731. The Morgan fingerprint density at radius 1 is 1.26 bits per heavy atom. The molecule has 5 N–H and O–H groups in total. The highest BCUT2D eigenvalue weighted by molar-refractivity contribution is 5.75. The first kappa shape index (κ1) is 17.1. The largest absolute Gasteiger partial charge is 0.391 e. The summed E-state index contributed by atoms with van der Waals surface area (Å²) in [5.74, 6) is 1.51. The van der Waals surface area contributed by atoms with Crippen LogP contribution in [0.4, 0.5) is 23.1 Å². The van der Waals surface area contributed by atoms with Crippen LogP contribution in [0.2, 0.25) is 0 Å². The van der Waals surface area contributed by atoms with Crippen LogP contribution in [0.3, 0.4) is 0 Å². The second-order valence-electron chi connectivity index (χ2n) is 6.61. The van der Waals surface area contributed by atoms with E-state index < -0.39 is 6.10 Å². The Morgan fingerprint density at radius 3 is 2.89 bits per heavy atom. The monoisotopic (exact) mass is 364 g/mol. The van der Waals surface area contributed by atoms with Crippen LogP contribution in [0.1, 0.15) is 31.4 Å². The average Bonchev–Trinajstić information content (AvgIpc) is 3.07. The summed E-state index contributed by atoms with van der Waals surface area (Å²) in [5.41, 5.74) is 7.21. The number of nitriles is 1. The molecule has 3 heterocycles. The Kier molecular flexibility index (Phi) is 4.48. The molecule has 0 amide bonds. The molecule has 3 aromatic heterocycles. The van der Waals surface area contributed by atoms with Crippen LogP contribution in [-0.2, 0) is 0 Å². The van der Waals surface area contributed by atoms with E-state index in [1.807, 2.05) is 0 Å². The van der Waals surface area contributed by atoms with E-state index >= 15 is 0 Å². The van der Waals surface area contributed by atoms with Crippen molar-refractivity contribution in [3.63, 3.8) is 0 Å². The molecule has 27 heavy (non-hydrogen) atoms. The summed E-state index contributed by atoms with van der Waals surface area (Å²) < 4.78 is 1.48. The fraction of sp³-hybridized carbons (Fsp3) is 0.333. The van der Waals surface area contributed by atoms with Gasteiger partial charge in [-0.2, -0.15) is 9.78 Å². The molecule has 0 spiro atoms. The van der Waals surface area contributed by atoms with Crippen LogP contribution < -0.4 is 16.4 Å². The van der Waals surface area contributed by atoms with Crippen molar-refractivity contribution in [2.45, 2.75) is 37.8 Å². The van der Waals surface area contributed by atoms with E-state index in [-0.39, 0.29) is 6.04 Å². The van der Waals surface area contributed by atoms with Crippen molar-refractivity contribution >= 4 is 28.8 Å². The molecule has 1 aliphatic rings. The molecule has 1 saturated carbocycles. The molecule has 0 radical (unpaired) electrons. The number of fused-ring (bicyclic) bond motifs is 1. The summed E-state index contributed by atoms with van der Waals surface area (Å²) in [7, 11) is 0. The quantitative estimate of drug-likeness (QED) is 0.552. The molecule has 4 rings (SSSR count). The normalized spacial score (nSPS) is 19.6. The van der Waals surface area contributed by atoms with Gasteiger partial charge in [-0.3, -0.25) is 0 Å². The van der Waals surface area contributed by atoms with Gasteiger partial charge in [0, 0.05) is 6.07 Å². The molecule has 138 valence electrons. The highest BCUT2D eigenvalue weighted by Crippen LogP contribution is 2.26. The maximum absolute atomic E-state index is 10.2. The maximum Gasteiger partial charge on any atom is 0.179 e. The standard InChI is InChI=1S/C18H20N8O/c19-9-11-10-21-18-13(23-16-7-3-6-15(20)24-16)8-17(25-26(11)18)22-12-4-1-2-5-14(12)27/h3,6-8,10,12,14,27H,1-2,4-5H2,(H,22,25)(H3,20,23,24)/t12-,14-/m1/s1. The number of aliphatic hydroxyl groups is 1. The molecule has 0 unspecified atom stereocenters. The van der Waals surface area contributed by atoms with Crippen LogP contribution in [0.15, 0.2) is 30.5 Å². The number of nitrogens with two attached hydrogens (primary N) is 1. The summed E-state index contributed by atoms with van der Waals surface area (Å²) in [6.45, 7) is 0. The third kappa shape index (κ3) is 3.47. The van der Waals surface area contributed by atoms with Crippen LogP contribution in [0, 0.1) is 11.3 Å². The highest BCUT2D eigenvalue weighted by atomic mass is 16.3. The number of aromatic nitrogens is 4. The zero-order valence-electron chi connectivity index (χ0n) is 14.6. The number of rotatable bonds is 4. The lowest BCUT2D eigenvalue weighted by Gasteiger charge is -2.28. The number of nitrogens with one attached hydrogen (secondary N) is 2. The van der Waals surface area contributed by atoms with Gasteiger partial charge < -0.3 is 21.5 Å². The number of hydrogen-bond donors (Lipinski definition) is 4. The zero-order valence-corrected chi connectivity index (χ0v) is 14.6. The number of imidazole rings is 1. The van der Waals surface area contributed by atoms with Crippen molar-refractivity contribution in [2.75, 3.05) is 16.4 Å². The topological polar surface area (TPSA) is 137 Å². The maximum atomic E-state index is 10.2. The summed E-state index contributed by atoms with van der Waals surface area (Å²) in [6, 6.07) is 9.11. The van der Waals surface area contributed by atoms with E-state index in [4.69, 9.17) is 5.73 Å². The van der Waals surface area contributed by atoms with Crippen LogP contribution in [-0.4, -0.2) is 36.8 Å². The van der Waals surface area contributed by atoms with Crippen molar-refractivity contribution < 1.29 is 5.11 Å². The van der Waals surface area contributed by atoms with E-state index in [2.05, 4.69) is 31.8 Å². The molecule has 3 aromatic rings. The summed E-state index contributed by atoms with van der Waals surface area (Å²) in [5, 5.41) is 30.5. The Morgan fingerprint density at radius 2 is 2.11 bits per heavy atom. The Hall–Kier alpha value is -3.38. The van der Waals surface area contributed by atoms with Gasteiger partial charge in [-0.25, -0.2) is 9.97 Å². The lowest BCUT2D eigenvalue weighted by Crippen LogP contribution is -2.36. The summed E-state index contributed by atoms with van der Waals surface area (Å²) >= 11 is 0. The molecule has 2 atom stereocenters. The van der Waals surface area contributed by atoms with Crippen molar-refractivity contribution in [2.24, 2.45) is 0 Å². The number of hydrogen-bond acceptors (Lipinski definition) is 8. The molecule has 1 aliphatic carbocycles. The van der Waals surface area contributed by atoms with Crippen molar-refractivity contribution in [3.8, 4) is 6.07 Å². The lowest BCUT2D eigenvalue weighted by atomic mass is 9.92. The first-order chi connectivity index (χ1) is 13.1. The second kappa shape index (κ2) is 7.09. The number of anilines is 4. The molecule has 9 nitrogen and oxygen atoms in total. The van der Waals surface area contributed by atoms with Gasteiger partial charge in [0.05, 0.1) is 24.0 Å². The molecule has 0 saturated heterocycles. The van der Waals surface area contributed by atoms with Crippen LogP contribution >= 0.6 is 0 Å². The van der Waals surface area contributed by atoms with Gasteiger partial charge in [-0.15, -0.1) is 5.10 Å². The van der Waals surface area contributed by atoms with Crippen molar-refractivity contribution in [1.82, 2.24) is 19.6 Å². The van der Waals surface area contributed by atoms with Crippen LogP contribution in [0.25, 0.3) is 5.65 Å². The minimum atomic E-state index is -0.415. The van der Waals surface area contributed by atoms with Crippen molar-refractivity contribution in [3.05, 3.63) is 36.2 Å². The minimum Gasteiger partial charge on any atom is -0.391 e. The molecule has 0 bridgehead atoms. The van der Waals surface area contributed by atoms with Gasteiger partial charge in [0.25, 0.3) is 0 Å². The van der Waals surface area contributed by atoms with Gasteiger partial charge in [0.1, 0.15) is 23.5 Å². The third-order valence-electron chi connectivity index (χ3n) is 4.68. The van der Waals surface area contributed by atoms with E-state index in [9.17, 15) is 10.4 Å². The highest BCUT2D eigenvalue weighted by Gasteiger charge is 2.24. The predicted octanol–water partition coefficient (Wildman–Crippen LogP) is 2.04. The molecule has 0 aromatic carbocycles. The van der Waals surface area contributed by atoms with Gasteiger partial charge in [-0.1, -0.05) is 18.9 Å². The summed E-state index contributed by atoms with van der Waals surface area (Å²) in [4.78, 5) is 8.53. The van der Waals surface area contributed by atoms with Gasteiger partial charge in [0.2, 0.25) is 0 Å². The fourth-order valence-corrected chi connectivity index (χ4v) is 3.34. The second-order valence-corrected chi connectivity index (χ2v) is 6.61. The van der Waals surface area contributed by atoms with Crippen LogP contribution in [0.5, 0.6) is 0 Å². The predicted molar refractivity (Wildman–Crippen MR) is 102 cm³/mol.